The van der Waals surface area contributed by atoms with E-state index in [-0.39, 0.29) is 0 Å². The zero-order valence-corrected chi connectivity index (χ0v) is 29.3. The summed E-state index contributed by atoms with van der Waals surface area (Å²) < 4.78 is 4.85. The van der Waals surface area contributed by atoms with E-state index in [0.29, 0.717) is 0 Å². The number of aryl methyl sites for hydroxylation is 1. The van der Waals surface area contributed by atoms with Crippen LogP contribution in [0.15, 0.2) is 171 Å². The lowest BCUT2D eigenvalue weighted by Gasteiger charge is -2.16. The zero-order valence-electron chi connectivity index (χ0n) is 29.3. The SMILES string of the molecule is C=C/C=C\c1c(C=C)c(/C=C\Cc2cc(-n3c4ccccc4c4ccccc43)cc(-n3c4ccccc4c4ccccc43)c2)c2ccccc2c1C. The third kappa shape index (κ3) is 5.03. The Morgan fingerprint density at radius 2 is 0.923 bits per heavy atom. The molecule has 0 radical (unpaired) electrons. The Morgan fingerprint density at radius 3 is 1.38 bits per heavy atom. The average molecular weight is 667 g/mol. The standard InChI is InChI=1S/C50H38N2/c1-4-6-19-39-34(3)40-20-7-8-21-42(40)41(38(39)5-2)26-17-18-35-31-36(51-47-27-13-9-22-43(47)44-23-10-14-28-48(44)51)33-37(32-35)52-49-29-15-11-24-45(49)46-25-12-16-30-50(46)52/h4-17,19-33H,1-2,18H2,3H3/b19-6-,26-17-. The number of para-hydroxylation sites is 4. The van der Waals surface area contributed by atoms with Crippen LogP contribution in [0.1, 0.15) is 27.8 Å². The van der Waals surface area contributed by atoms with E-state index in [0.717, 1.165) is 23.4 Å². The van der Waals surface area contributed by atoms with Gasteiger partial charge >= 0.3 is 0 Å². The second-order valence-electron chi connectivity index (χ2n) is 13.4. The number of hydrogen-bond donors (Lipinski definition) is 0. The quantitative estimate of drug-likeness (QED) is 0.143. The molecule has 0 aliphatic rings. The van der Waals surface area contributed by atoms with Crippen LogP contribution in [0.4, 0.5) is 0 Å². The fourth-order valence-corrected chi connectivity index (χ4v) is 8.21. The van der Waals surface area contributed by atoms with Gasteiger partial charge in [-0.05, 0) is 94.4 Å². The maximum absolute atomic E-state index is 4.25. The Morgan fingerprint density at radius 1 is 0.481 bits per heavy atom. The fourth-order valence-electron chi connectivity index (χ4n) is 8.21. The van der Waals surface area contributed by atoms with Crippen molar-refractivity contribution < 1.29 is 0 Å². The largest absolute Gasteiger partial charge is 0.309 e. The molecule has 0 saturated carbocycles. The van der Waals surface area contributed by atoms with Gasteiger partial charge < -0.3 is 9.13 Å². The van der Waals surface area contributed by atoms with Gasteiger partial charge in [0, 0.05) is 32.9 Å². The molecule has 2 aromatic heterocycles. The number of allylic oxidation sites excluding steroid dienone is 3. The molecule has 0 aliphatic heterocycles. The summed E-state index contributed by atoms with van der Waals surface area (Å²) in [5.74, 6) is 0. The van der Waals surface area contributed by atoms with Crippen LogP contribution in [-0.4, -0.2) is 9.13 Å². The van der Waals surface area contributed by atoms with E-state index >= 15 is 0 Å². The van der Waals surface area contributed by atoms with Crippen LogP contribution in [0.2, 0.25) is 0 Å². The molecule has 0 spiro atoms. The number of nitrogens with zero attached hydrogens (tertiary/aromatic N) is 2. The third-order valence-corrected chi connectivity index (χ3v) is 10.5. The Labute approximate surface area is 304 Å². The van der Waals surface area contributed by atoms with E-state index in [1.54, 1.807) is 0 Å². The lowest BCUT2D eigenvalue weighted by atomic mass is 9.89. The second kappa shape index (κ2) is 12.9. The van der Waals surface area contributed by atoms with E-state index in [1.165, 1.54) is 76.6 Å². The number of hydrogen-bond acceptors (Lipinski definition) is 0. The normalized spacial score (nSPS) is 12.0. The predicted molar refractivity (Wildman–Crippen MR) is 226 cm³/mol. The van der Waals surface area contributed by atoms with Gasteiger partial charge in [-0.3, -0.25) is 0 Å². The van der Waals surface area contributed by atoms with Gasteiger partial charge in [-0.15, -0.1) is 0 Å². The van der Waals surface area contributed by atoms with E-state index in [4.69, 9.17) is 0 Å². The van der Waals surface area contributed by atoms with Crippen molar-refractivity contribution in [3.63, 3.8) is 0 Å². The first kappa shape index (κ1) is 31.3. The van der Waals surface area contributed by atoms with Gasteiger partial charge in [0.1, 0.15) is 0 Å². The van der Waals surface area contributed by atoms with Crippen LogP contribution >= 0.6 is 0 Å². The summed E-state index contributed by atoms with van der Waals surface area (Å²) in [4.78, 5) is 0. The van der Waals surface area contributed by atoms with Crippen molar-refractivity contribution in [1.29, 1.82) is 0 Å². The Bertz CT molecular complexity index is 2690. The summed E-state index contributed by atoms with van der Waals surface area (Å²) in [5.41, 5.74) is 13.1. The summed E-state index contributed by atoms with van der Waals surface area (Å²) in [6, 6.07) is 50.7. The third-order valence-electron chi connectivity index (χ3n) is 10.5. The highest BCUT2D eigenvalue weighted by Gasteiger charge is 2.17. The monoisotopic (exact) mass is 666 g/mol. The molecule has 0 saturated heterocycles. The number of rotatable bonds is 8. The molecular weight excluding hydrogens is 629 g/mol. The summed E-state index contributed by atoms with van der Waals surface area (Å²) in [7, 11) is 0. The van der Waals surface area contributed by atoms with Crippen LogP contribution in [0.25, 0.3) is 84.0 Å². The van der Waals surface area contributed by atoms with Gasteiger partial charge in [-0.25, -0.2) is 0 Å². The predicted octanol–water partition coefficient (Wildman–Crippen LogP) is 13.4. The maximum Gasteiger partial charge on any atom is 0.0541 e. The summed E-state index contributed by atoms with van der Waals surface area (Å²) in [5, 5.41) is 7.50. The zero-order chi connectivity index (χ0) is 35.2. The van der Waals surface area contributed by atoms with Crippen LogP contribution in [0.3, 0.4) is 0 Å². The first-order valence-corrected chi connectivity index (χ1v) is 17.9. The molecule has 9 aromatic rings. The maximum atomic E-state index is 4.25. The highest BCUT2D eigenvalue weighted by Crippen LogP contribution is 2.37. The summed E-state index contributed by atoms with van der Waals surface area (Å²) in [6.07, 6.45) is 13.3. The number of aromatic nitrogens is 2. The minimum Gasteiger partial charge on any atom is -0.309 e. The highest BCUT2D eigenvalue weighted by molar-refractivity contribution is 6.10. The molecule has 2 heteroatoms. The second-order valence-corrected chi connectivity index (χ2v) is 13.4. The fraction of sp³-hybridized carbons (Fsp3) is 0.0400. The van der Waals surface area contributed by atoms with Crippen molar-refractivity contribution in [3.8, 4) is 11.4 Å². The number of benzene rings is 7. The molecule has 2 nitrogen and oxygen atoms in total. The minimum absolute atomic E-state index is 0.756. The smallest absolute Gasteiger partial charge is 0.0541 e. The molecule has 52 heavy (non-hydrogen) atoms. The van der Waals surface area contributed by atoms with Gasteiger partial charge in [-0.1, -0.05) is 147 Å². The van der Waals surface area contributed by atoms with Gasteiger partial charge in [0.2, 0.25) is 0 Å². The molecule has 0 unspecified atom stereocenters. The van der Waals surface area contributed by atoms with E-state index in [2.05, 4.69) is 187 Å². The van der Waals surface area contributed by atoms with Gasteiger partial charge in [-0.2, -0.15) is 0 Å². The highest BCUT2D eigenvalue weighted by atomic mass is 15.0. The molecule has 0 N–H and O–H groups in total. The lowest BCUT2D eigenvalue weighted by Crippen LogP contribution is -2.01. The molecular formula is C50H38N2. The Balaban J connectivity index is 1.26. The van der Waals surface area contributed by atoms with Gasteiger partial charge in [0.05, 0.1) is 22.1 Å². The van der Waals surface area contributed by atoms with Crippen LogP contribution < -0.4 is 0 Å². The van der Waals surface area contributed by atoms with Crippen LogP contribution in [0, 0.1) is 6.92 Å². The van der Waals surface area contributed by atoms with Crippen molar-refractivity contribution in [2.75, 3.05) is 0 Å². The van der Waals surface area contributed by atoms with Crippen LogP contribution in [0.5, 0.6) is 0 Å². The minimum atomic E-state index is 0.756. The van der Waals surface area contributed by atoms with Crippen molar-refractivity contribution in [2.45, 2.75) is 13.3 Å². The molecule has 0 atom stereocenters. The van der Waals surface area contributed by atoms with Crippen molar-refractivity contribution >= 4 is 72.6 Å². The molecule has 0 fully saturated rings. The van der Waals surface area contributed by atoms with Crippen LogP contribution in [-0.2, 0) is 6.42 Å². The average Bonchev–Trinajstić information content (AvgIpc) is 3.71. The topological polar surface area (TPSA) is 9.86 Å². The van der Waals surface area contributed by atoms with E-state index < -0.39 is 0 Å². The summed E-state index contributed by atoms with van der Waals surface area (Å²) in [6.45, 7) is 10.4. The molecule has 9 rings (SSSR count). The molecule has 2 heterocycles. The van der Waals surface area contributed by atoms with Gasteiger partial charge in [0.15, 0.2) is 0 Å². The van der Waals surface area contributed by atoms with E-state index in [9.17, 15) is 0 Å². The molecule has 0 amide bonds. The Kier molecular flexibility index (Phi) is 7.79. The van der Waals surface area contributed by atoms with Crippen molar-refractivity contribution in [2.24, 2.45) is 0 Å². The summed E-state index contributed by atoms with van der Waals surface area (Å²) >= 11 is 0. The molecule has 0 aliphatic carbocycles. The molecule has 248 valence electrons. The lowest BCUT2D eigenvalue weighted by molar-refractivity contribution is 1.11. The van der Waals surface area contributed by atoms with Crippen molar-refractivity contribution in [1.82, 2.24) is 9.13 Å². The van der Waals surface area contributed by atoms with Crippen molar-refractivity contribution in [3.05, 3.63) is 199 Å². The first-order valence-electron chi connectivity index (χ1n) is 17.9. The number of fused-ring (bicyclic) bond motifs is 7. The van der Waals surface area contributed by atoms with Gasteiger partial charge in [0.25, 0.3) is 0 Å². The molecule has 0 bridgehead atoms. The molecule has 7 aromatic carbocycles. The Hall–Kier alpha value is -6.64. The van der Waals surface area contributed by atoms with E-state index in [1.807, 2.05) is 18.2 Å². The first-order chi connectivity index (χ1) is 25.7.